The van der Waals surface area contributed by atoms with Gasteiger partial charge in [-0.15, -0.1) is 0 Å². The molecule has 1 aliphatic carbocycles. The number of hydrogen-bond acceptors (Lipinski definition) is 3. The molecule has 78 valence electrons. The van der Waals surface area contributed by atoms with Crippen molar-refractivity contribution in [1.29, 1.82) is 0 Å². The number of hydrogen-bond donors (Lipinski definition) is 2. The summed E-state index contributed by atoms with van der Waals surface area (Å²) in [5.41, 5.74) is 0. The van der Waals surface area contributed by atoms with Crippen molar-refractivity contribution in [3.8, 4) is 0 Å². The van der Waals surface area contributed by atoms with E-state index in [1.807, 2.05) is 0 Å². The normalized spacial score (nSPS) is 22.9. The van der Waals surface area contributed by atoms with Crippen LogP contribution in [0.3, 0.4) is 0 Å². The highest BCUT2D eigenvalue weighted by Gasteiger charge is 2.22. The Morgan fingerprint density at radius 3 is 2.31 bits per heavy atom. The predicted molar refractivity (Wildman–Crippen MR) is 51.0 cm³/mol. The van der Waals surface area contributed by atoms with Crippen molar-refractivity contribution in [2.45, 2.75) is 50.4 Å². The van der Waals surface area contributed by atoms with E-state index >= 15 is 0 Å². The molecule has 0 amide bonds. The molecule has 0 heterocycles. The molecule has 0 spiro atoms. The molecule has 1 atom stereocenters. The standard InChI is InChI=1S/C8H17NO3S/c1-7(13(10,11)12)9-8-5-3-2-4-6-8/h7-9H,2-6H2,1H3,(H,10,11,12). The molecule has 1 unspecified atom stereocenters. The third kappa shape index (κ3) is 3.62. The first kappa shape index (κ1) is 10.9. The molecule has 2 N–H and O–H groups in total. The zero-order valence-electron chi connectivity index (χ0n) is 7.86. The van der Waals surface area contributed by atoms with Gasteiger partial charge in [-0.3, -0.25) is 9.87 Å². The van der Waals surface area contributed by atoms with E-state index < -0.39 is 15.5 Å². The van der Waals surface area contributed by atoms with Crippen LogP contribution in [0.2, 0.25) is 0 Å². The van der Waals surface area contributed by atoms with Gasteiger partial charge in [-0.1, -0.05) is 19.3 Å². The van der Waals surface area contributed by atoms with Crippen LogP contribution in [0.25, 0.3) is 0 Å². The van der Waals surface area contributed by atoms with Crippen LogP contribution in [0.4, 0.5) is 0 Å². The average Bonchev–Trinajstić information content (AvgIpc) is 2.04. The molecule has 0 aromatic heterocycles. The van der Waals surface area contributed by atoms with Crippen molar-refractivity contribution in [2.24, 2.45) is 0 Å². The molecule has 0 aliphatic heterocycles. The summed E-state index contributed by atoms with van der Waals surface area (Å²) < 4.78 is 30.1. The lowest BCUT2D eigenvalue weighted by molar-refractivity contribution is 0.357. The van der Waals surface area contributed by atoms with Gasteiger partial charge in [0, 0.05) is 6.04 Å². The van der Waals surface area contributed by atoms with Gasteiger partial charge in [-0.2, -0.15) is 8.42 Å². The zero-order chi connectivity index (χ0) is 9.90. The molecular formula is C8H17NO3S. The van der Waals surface area contributed by atoms with E-state index in [0.717, 1.165) is 25.7 Å². The van der Waals surface area contributed by atoms with Gasteiger partial charge in [0.15, 0.2) is 0 Å². The maximum atomic E-state index is 10.7. The quantitative estimate of drug-likeness (QED) is 0.681. The highest BCUT2D eigenvalue weighted by molar-refractivity contribution is 7.86. The van der Waals surface area contributed by atoms with E-state index in [9.17, 15) is 8.42 Å². The molecule has 0 radical (unpaired) electrons. The molecule has 1 rings (SSSR count). The van der Waals surface area contributed by atoms with Crippen LogP contribution in [0.1, 0.15) is 39.0 Å². The van der Waals surface area contributed by atoms with Crippen molar-refractivity contribution in [3.05, 3.63) is 0 Å². The van der Waals surface area contributed by atoms with Gasteiger partial charge in [0.05, 0.1) is 0 Å². The second kappa shape index (κ2) is 4.39. The van der Waals surface area contributed by atoms with Crippen molar-refractivity contribution >= 4 is 10.1 Å². The van der Waals surface area contributed by atoms with Gasteiger partial charge < -0.3 is 0 Å². The molecule has 13 heavy (non-hydrogen) atoms. The molecule has 1 saturated carbocycles. The summed E-state index contributed by atoms with van der Waals surface area (Å²) in [5, 5.41) is 2.08. The summed E-state index contributed by atoms with van der Waals surface area (Å²) in [6, 6.07) is 0.255. The summed E-state index contributed by atoms with van der Waals surface area (Å²) in [6.45, 7) is 1.48. The van der Waals surface area contributed by atoms with Crippen molar-refractivity contribution < 1.29 is 13.0 Å². The minimum Gasteiger partial charge on any atom is -0.297 e. The van der Waals surface area contributed by atoms with Crippen LogP contribution in [0.5, 0.6) is 0 Å². The lowest BCUT2D eigenvalue weighted by atomic mass is 9.96. The zero-order valence-corrected chi connectivity index (χ0v) is 8.68. The molecule has 1 aliphatic rings. The highest BCUT2D eigenvalue weighted by atomic mass is 32.2. The van der Waals surface area contributed by atoms with Crippen molar-refractivity contribution in [3.63, 3.8) is 0 Å². The van der Waals surface area contributed by atoms with Crippen LogP contribution in [-0.4, -0.2) is 24.4 Å². The van der Waals surface area contributed by atoms with Gasteiger partial charge in [0.25, 0.3) is 10.1 Å². The van der Waals surface area contributed by atoms with Crippen LogP contribution < -0.4 is 5.32 Å². The van der Waals surface area contributed by atoms with Crippen molar-refractivity contribution in [1.82, 2.24) is 5.32 Å². The summed E-state index contributed by atoms with van der Waals surface area (Å²) in [4.78, 5) is 0. The van der Waals surface area contributed by atoms with Gasteiger partial charge in [0.2, 0.25) is 0 Å². The molecule has 0 aromatic rings. The van der Waals surface area contributed by atoms with Gasteiger partial charge in [-0.05, 0) is 19.8 Å². The first-order chi connectivity index (χ1) is 6.00. The van der Waals surface area contributed by atoms with E-state index in [1.165, 1.54) is 13.3 Å². The maximum Gasteiger partial charge on any atom is 0.280 e. The summed E-state index contributed by atoms with van der Waals surface area (Å²) in [6.07, 6.45) is 5.56. The Balaban J connectivity index is 2.39. The first-order valence-corrected chi connectivity index (χ1v) is 6.23. The first-order valence-electron chi connectivity index (χ1n) is 4.72. The summed E-state index contributed by atoms with van der Waals surface area (Å²) >= 11 is 0. The Labute approximate surface area is 79.5 Å². The van der Waals surface area contributed by atoms with E-state index in [0.29, 0.717) is 0 Å². The Kier molecular flexibility index (Phi) is 3.70. The Hall–Kier alpha value is -0.130. The van der Waals surface area contributed by atoms with Crippen LogP contribution in [-0.2, 0) is 10.1 Å². The van der Waals surface area contributed by atoms with Crippen molar-refractivity contribution in [2.75, 3.05) is 0 Å². The molecule has 5 heteroatoms. The van der Waals surface area contributed by atoms with Crippen LogP contribution in [0.15, 0.2) is 0 Å². The fraction of sp³-hybridized carbons (Fsp3) is 1.00. The second-order valence-electron chi connectivity index (χ2n) is 3.66. The van der Waals surface area contributed by atoms with E-state index in [4.69, 9.17) is 4.55 Å². The number of nitrogens with one attached hydrogen (secondary N) is 1. The van der Waals surface area contributed by atoms with Gasteiger partial charge >= 0.3 is 0 Å². The smallest absolute Gasteiger partial charge is 0.280 e. The molecular weight excluding hydrogens is 190 g/mol. The Morgan fingerprint density at radius 2 is 1.85 bits per heavy atom. The fourth-order valence-corrected chi connectivity index (χ4v) is 2.05. The summed E-state index contributed by atoms with van der Waals surface area (Å²) in [5.74, 6) is 0. The third-order valence-electron chi connectivity index (χ3n) is 2.52. The molecule has 4 nitrogen and oxygen atoms in total. The minimum absolute atomic E-state index is 0.255. The Bertz CT molecular complexity index is 244. The molecule has 1 fully saturated rings. The molecule has 0 bridgehead atoms. The van der Waals surface area contributed by atoms with E-state index in [2.05, 4.69) is 5.32 Å². The monoisotopic (exact) mass is 207 g/mol. The SMILES string of the molecule is CC(NC1CCCCC1)S(=O)(=O)O. The average molecular weight is 207 g/mol. The minimum atomic E-state index is -3.91. The predicted octanol–water partition coefficient (Wildman–Crippen LogP) is 1.14. The second-order valence-corrected chi connectivity index (χ2v) is 5.40. The topological polar surface area (TPSA) is 66.4 Å². The fourth-order valence-electron chi connectivity index (χ4n) is 1.69. The lowest BCUT2D eigenvalue weighted by Crippen LogP contribution is -2.41. The highest BCUT2D eigenvalue weighted by Crippen LogP contribution is 2.18. The van der Waals surface area contributed by atoms with Gasteiger partial charge in [0.1, 0.15) is 5.37 Å². The lowest BCUT2D eigenvalue weighted by Gasteiger charge is -2.25. The third-order valence-corrected chi connectivity index (χ3v) is 3.55. The Morgan fingerprint density at radius 1 is 1.31 bits per heavy atom. The largest absolute Gasteiger partial charge is 0.297 e. The van der Waals surface area contributed by atoms with Crippen LogP contribution >= 0.6 is 0 Å². The van der Waals surface area contributed by atoms with E-state index in [1.54, 1.807) is 0 Å². The molecule has 0 saturated heterocycles. The van der Waals surface area contributed by atoms with E-state index in [-0.39, 0.29) is 6.04 Å². The maximum absolute atomic E-state index is 10.7. The molecule has 0 aromatic carbocycles. The number of rotatable bonds is 3. The van der Waals surface area contributed by atoms with Gasteiger partial charge in [-0.25, -0.2) is 0 Å². The van der Waals surface area contributed by atoms with Crippen LogP contribution in [0, 0.1) is 0 Å². The summed E-state index contributed by atoms with van der Waals surface area (Å²) in [7, 11) is -3.91.